The maximum Gasteiger partial charge on any atom is 0.166 e. The zero-order valence-electron chi connectivity index (χ0n) is 13.8. The van der Waals surface area contributed by atoms with Gasteiger partial charge in [-0.15, -0.1) is 0 Å². The topological polar surface area (TPSA) is 65.7 Å². The number of hydrogen-bond acceptors (Lipinski definition) is 2. The summed E-state index contributed by atoms with van der Waals surface area (Å²) in [5.41, 5.74) is 7.48. The van der Waals surface area contributed by atoms with E-state index in [1.54, 1.807) is 0 Å². The van der Waals surface area contributed by atoms with Gasteiger partial charge in [-0.3, -0.25) is 9.59 Å². The fraction of sp³-hybridized carbons (Fsp3) is 0.444. The summed E-state index contributed by atoms with van der Waals surface area (Å²) in [4.78, 5) is 29.1. The van der Waals surface area contributed by atoms with Crippen molar-refractivity contribution < 1.29 is 9.59 Å². The molecule has 0 aromatic carbocycles. The van der Waals surface area contributed by atoms with Gasteiger partial charge in [0.2, 0.25) is 0 Å². The van der Waals surface area contributed by atoms with Crippen molar-refractivity contribution in [1.29, 1.82) is 0 Å². The van der Waals surface area contributed by atoms with Gasteiger partial charge < -0.3 is 9.97 Å². The van der Waals surface area contributed by atoms with Gasteiger partial charge in [-0.2, -0.15) is 0 Å². The highest BCUT2D eigenvalue weighted by atomic mass is 16.1. The summed E-state index contributed by atoms with van der Waals surface area (Å²) in [6.07, 6.45) is 5.49. The number of aromatic amines is 2. The van der Waals surface area contributed by atoms with E-state index in [9.17, 15) is 9.59 Å². The van der Waals surface area contributed by atoms with Crippen molar-refractivity contribution in [2.75, 3.05) is 0 Å². The molecule has 2 rings (SSSR count). The van der Waals surface area contributed by atoms with Crippen LogP contribution in [0.15, 0.2) is 0 Å². The minimum absolute atomic E-state index is 0.646. The summed E-state index contributed by atoms with van der Waals surface area (Å²) in [5, 5.41) is 0. The first kappa shape index (κ1) is 16.3. The Balaban J connectivity index is 2.62. The van der Waals surface area contributed by atoms with E-state index in [4.69, 9.17) is 0 Å². The monoisotopic (exact) mass is 300 g/mol. The van der Waals surface area contributed by atoms with Crippen molar-refractivity contribution >= 4 is 12.6 Å². The molecule has 0 unspecified atom stereocenters. The highest BCUT2D eigenvalue weighted by Gasteiger charge is 2.20. The normalized spacial score (nSPS) is 10.9. The molecular formula is C18H24N2O2. The molecule has 2 N–H and O–H groups in total. The Morgan fingerprint density at radius 2 is 1.14 bits per heavy atom. The van der Waals surface area contributed by atoms with Crippen molar-refractivity contribution in [3.05, 3.63) is 33.6 Å². The first-order chi connectivity index (χ1) is 10.6. The number of aldehydes is 2. The van der Waals surface area contributed by atoms with Gasteiger partial charge in [0.05, 0.1) is 22.8 Å². The lowest BCUT2D eigenvalue weighted by atomic mass is 10.0. The lowest BCUT2D eigenvalue weighted by Crippen LogP contribution is -1.90. The van der Waals surface area contributed by atoms with Gasteiger partial charge >= 0.3 is 0 Å². The summed E-state index contributed by atoms with van der Waals surface area (Å²) in [6.45, 7) is 8.27. The number of carbonyl (C=O) groups excluding carboxylic acids is 2. The molecule has 0 fully saturated rings. The molecule has 2 aromatic heterocycles. The van der Waals surface area contributed by atoms with Gasteiger partial charge in [0, 0.05) is 0 Å². The van der Waals surface area contributed by atoms with Crippen LogP contribution < -0.4 is 0 Å². The van der Waals surface area contributed by atoms with Gasteiger partial charge in [0.25, 0.3) is 0 Å². The maximum absolute atomic E-state index is 11.3. The molecule has 4 nitrogen and oxygen atoms in total. The average molecular weight is 300 g/mol. The average Bonchev–Trinajstić information content (AvgIpc) is 2.99. The van der Waals surface area contributed by atoms with Crippen molar-refractivity contribution in [3.63, 3.8) is 0 Å². The van der Waals surface area contributed by atoms with E-state index >= 15 is 0 Å². The van der Waals surface area contributed by atoms with E-state index in [1.807, 2.05) is 13.8 Å². The second kappa shape index (κ2) is 6.77. The van der Waals surface area contributed by atoms with Crippen LogP contribution in [0.3, 0.4) is 0 Å². The van der Waals surface area contributed by atoms with E-state index in [0.717, 1.165) is 71.9 Å². The molecule has 0 amide bonds. The summed E-state index contributed by atoms with van der Waals surface area (Å²) in [7, 11) is 0. The molecule has 118 valence electrons. The van der Waals surface area contributed by atoms with Gasteiger partial charge in [0.15, 0.2) is 12.6 Å². The van der Waals surface area contributed by atoms with Crippen molar-refractivity contribution in [1.82, 2.24) is 9.97 Å². The quantitative estimate of drug-likeness (QED) is 0.754. The third-order valence-electron chi connectivity index (χ3n) is 4.31. The molecule has 2 heterocycles. The first-order valence-corrected chi connectivity index (χ1v) is 7.92. The van der Waals surface area contributed by atoms with Crippen LogP contribution in [0.1, 0.15) is 69.9 Å². The van der Waals surface area contributed by atoms with Gasteiger partial charge in [0.1, 0.15) is 0 Å². The van der Waals surface area contributed by atoms with Crippen LogP contribution >= 0.6 is 0 Å². The van der Waals surface area contributed by atoms with Crippen LogP contribution in [0.25, 0.3) is 11.4 Å². The van der Waals surface area contributed by atoms with Crippen LogP contribution in [0.2, 0.25) is 0 Å². The van der Waals surface area contributed by atoms with E-state index in [1.165, 1.54) is 0 Å². The van der Waals surface area contributed by atoms with E-state index < -0.39 is 0 Å². The molecule has 0 aliphatic carbocycles. The molecule has 0 saturated carbocycles. The minimum Gasteiger partial charge on any atom is -0.351 e. The fourth-order valence-corrected chi connectivity index (χ4v) is 3.16. The van der Waals surface area contributed by atoms with Crippen LogP contribution in [0.4, 0.5) is 0 Å². The Morgan fingerprint density at radius 3 is 1.41 bits per heavy atom. The van der Waals surface area contributed by atoms with Crippen LogP contribution in [-0.2, 0) is 12.8 Å². The Morgan fingerprint density at radius 1 is 0.773 bits per heavy atom. The Kier molecular flexibility index (Phi) is 5.01. The second-order valence-corrected chi connectivity index (χ2v) is 5.77. The molecule has 0 aliphatic rings. The lowest BCUT2D eigenvalue weighted by molar-refractivity contribution is 0.111. The second-order valence-electron chi connectivity index (χ2n) is 5.77. The SMILES string of the molecule is CCCc1c(C=O)[nH]c(-c2[nH]c(C=O)c(CCC)c2C)c1C. The third kappa shape index (κ3) is 2.65. The van der Waals surface area contributed by atoms with Crippen molar-refractivity contribution in [3.8, 4) is 11.4 Å². The van der Waals surface area contributed by atoms with Crippen LogP contribution in [0.5, 0.6) is 0 Å². The summed E-state index contributed by atoms with van der Waals surface area (Å²) >= 11 is 0. The molecule has 22 heavy (non-hydrogen) atoms. The van der Waals surface area contributed by atoms with E-state index in [0.29, 0.717) is 11.4 Å². The van der Waals surface area contributed by atoms with Gasteiger partial charge in [-0.1, -0.05) is 26.7 Å². The number of rotatable bonds is 7. The largest absolute Gasteiger partial charge is 0.351 e. The predicted octanol–water partition coefficient (Wildman–Crippen LogP) is 4.16. The number of H-pyrrole nitrogens is 2. The predicted molar refractivity (Wildman–Crippen MR) is 88.8 cm³/mol. The minimum atomic E-state index is 0.646. The summed E-state index contributed by atoms with van der Waals surface area (Å²) < 4.78 is 0. The number of aromatic nitrogens is 2. The van der Waals surface area contributed by atoms with E-state index in [2.05, 4.69) is 23.8 Å². The van der Waals surface area contributed by atoms with Crippen LogP contribution in [0, 0.1) is 13.8 Å². The van der Waals surface area contributed by atoms with Gasteiger partial charge in [-0.05, 0) is 48.9 Å². The lowest BCUT2D eigenvalue weighted by Gasteiger charge is -2.02. The van der Waals surface area contributed by atoms with Crippen LogP contribution in [-0.4, -0.2) is 22.5 Å². The Hall–Kier alpha value is -2.10. The highest BCUT2D eigenvalue weighted by Crippen LogP contribution is 2.32. The fourth-order valence-electron chi connectivity index (χ4n) is 3.16. The molecule has 2 aromatic rings. The molecule has 0 atom stereocenters. The standard InChI is InChI=1S/C18H24N2O2/c1-5-7-13-11(3)17(19-15(13)9-21)18-12(4)14(8-6-2)16(10-22)20-18/h9-10,19-20H,5-8H2,1-4H3. The zero-order valence-corrected chi connectivity index (χ0v) is 13.8. The molecular weight excluding hydrogens is 276 g/mol. The van der Waals surface area contributed by atoms with E-state index in [-0.39, 0.29) is 0 Å². The zero-order chi connectivity index (χ0) is 16.3. The highest BCUT2D eigenvalue weighted by molar-refractivity contribution is 5.84. The summed E-state index contributed by atoms with van der Waals surface area (Å²) in [5.74, 6) is 0. The Bertz CT molecular complexity index is 632. The smallest absolute Gasteiger partial charge is 0.166 e. The number of nitrogens with one attached hydrogen (secondary N) is 2. The third-order valence-corrected chi connectivity index (χ3v) is 4.31. The maximum atomic E-state index is 11.3. The molecule has 0 bridgehead atoms. The summed E-state index contributed by atoms with van der Waals surface area (Å²) in [6, 6.07) is 0. The molecule has 0 aliphatic heterocycles. The first-order valence-electron chi connectivity index (χ1n) is 7.92. The number of carbonyl (C=O) groups is 2. The molecule has 0 spiro atoms. The molecule has 0 radical (unpaired) electrons. The Labute approximate surface area is 131 Å². The molecule has 4 heteroatoms. The van der Waals surface area contributed by atoms with Gasteiger partial charge in [-0.25, -0.2) is 0 Å². The number of hydrogen-bond donors (Lipinski definition) is 2. The molecule has 0 saturated heterocycles. The van der Waals surface area contributed by atoms with Crippen molar-refractivity contribution in [2.45, 2.75) is 53.4 Å². The van der Waals surface area contributed by atoms with Crippen molar-refractivity contribution in [2.24, 2.45) is 0 Å².